The summed E-state index contributed by atoms with van der Waals surface area (Å²) in [6.07, 6.45) is 7.51. The fourth-order valence-electron chi connectivity index (χ4n) is 4.75. The molecule has 1 amide bonds. The summed E-state index contributed by atoms with van der Waals surface area (Å²) in [5, 5.41) is 14.9. The molecule has 5 heterocycles. The van der Waals surface area contributed by atoms with Crippen molar-refractivity contribution in [2.24, 2.45) is 5.92 Å². The average molecular weight is 469 g/mol. The van der Waals surface area contributed by atoms with Crippen molar-refractivity contribution in [3.8, 4) is 0 Å². The highest BCUT2D eigenvalue weighted by molar-refractivity contribution is 6.12. The van der Waals surface area contributed by atoms with Gasteiger partial charge < -0.3 is 25.8 Å². The first-order valence-electron chi connectivity index (χ1n) is 11.5. The minimum Gasteiger partial charge on any atom is -0.381 e. The van der Waals surface area contributed by atoms with Crippen molar-refractivity contribution in [2.75, 3.05) is 68.8 Å². The third-order valence-electron chi connectivity index (χ3n) is 6.72. The molecule has 2 fully saturated rings. The van der Waals surface area contributed by atoms with E-state index in [2.05, 4.69) is 47.3 Å². The molecule has 34 heavy (non-hydrogen) atoms. The average Bonchev–Trinajstić information content (AvgIpc) is 3.16. The number of carbonyl (C=O) groups is 1. The van der Waals surface area contributed by atoms with E-state index < -0.39 is 11.7 Å². The van der Waals surface area contributed by atoms with Crippen LogP contribution in [0.2, 0.25) is 0 Å². The summed E-state index contributed by atoms with van der Waals surface area (Å²) in [4.78, 5) is 24.2. The molecule has 2 aliphatic rings. The smallest absolute Gasteiger partial charge is 0.263 e. The molecule has 2 aliphatic heterocycles. The number of likely N-dealkylation sites (N-methyl/N-ethyl adjacent to an activating group) is 1. The number of piperazine rings is 1. The number of aromatic nitrogens is 5. The van der Waals surface area contributed by atoms with Crippen LogP contribution in [0.4, 0.5) is 21.6 Å². The van der Waals surface area contributed by atoms with E-state index in [1.54, 1.807) is 6.20 Å². The van der Waals surface area contributed by atoms with Crippen molar-refractivity contribution in [3.05, 3.63) is 36.2 Å². The summed E-state index contributed by atoms with van der Waals surface area (Å²) in [6, 6.07) is 0. The molecule has 0 saturated carbocycles. The lowest BCUT2D eigenvalue weighted by Gasteiger charge is -2.38. The van der Waals surface area contributed by atoms with Gasteiger partial charge >= 0.3 is 0 Å². The van der Waals surface area contributed by atoms with E-state index in [0.29, 0.717) is 11.6 Å². The molecule has 3 N–H and O–H groups in total. The first-order chi connectivity index (χ1) is 16.5. The summed E-state index contributed by atoms with van der Waals surface area (Å²) in [5.41, 5.74) is 7.57. The van der Waals surface area contributed by atoms with Crippen LogP contribution in [-0.4, -0.2) is 93.4 Å². The van der Waals surface area contributed by atoms with Crippen molar-refractivity contribution in [1.82, 2.24) is 34.6 Å². The van der Waals surface area contributed by atoms with Crippen LogP contribution >= 0.6 is 0 Å². The van der Waals surface area contributed by atoms with Crippen LogP contribution in [0.3, 0.4) is 0 Å². The Kier molecular flexibility index (Phi) is 6.24. The number of nitrogen functional groups attached to an aromatic ring is 1. The normalized spacial score (nSPS) is 18.5. The van der Waals surface area contributed by atoms with E-state index in [1.165, 1.54) is 6.20 Å². The van der Waals surface area contributed by atoms with Crippen LogP contribution in [0.1, 0.15) is 23.2 Å². The molecule has 5 rings (SSSR count). The van der Waals surface area contributed by atoms with Crippen LogP contribution < -0.4 is 16.0 Å². The maximum absolute atomic E-state index is 13.5. The number of carbonyl (C=O) groups excluding carboxylic acids is 1. The van der Waals surface area contributed by atoms with Gasteiger partial charge in [0.1, 0.15) is 5.56 Å². The molecule has 0 bridgehead atoms. The molecule has 0 radical (unpaired) electrons. The molecule has 0 aliphatic carbocycles. The summed E-state index contributed by atoms with van der Waals surface area (Å²) in [7, 11) is 2.18. The van der Waals surface area contributed by atoms with E-state index in [-0.39, 0.29) is 17.0 Å². The maximum Gasteiger partial charge on any atom is 0.263 e. The van der Waals surface area contributed by atoms with Gasteiger partial charge in [-0.05, 0) is 25.8 Å². The quantitative estimate of drug-likeness (QED) is 0.564. The Morgan fingerprint density at radius 2 is 1.85 bits per heavy atom. The van der Waals surface area contributed by atoms with Gasteiger partial charge in [0.15, 0.2) is 17.3 Å². The SMILES string of the molecule is CN1CCN(CC2CCN(c3cnncc3NC(=O)c3c(N)nn4cc(F)cnc34)CC2)CC1. The number of nitrogens with zero attached hydrogens (tertiary/aromatic N) is 8. The zero-order valence-electron chi connectivity index (χ0n) is 19.2. The van der Waals surface area contributed by atoms with Crippen LogP contribution in [0.5, 0.6) is 0 Å². The molecule has 3 aromatic heterocycles. The molecular weight excluding hydrogens is 439 g/mol. The van der Waals surface area contributed by atoms with Crippen molar-refractivity contribution in [2.45, 2.75) is 12.8 Å². The maximum atomic E-state index is 13.5. The number of halogens is 1. The standard InChI is InChI=1S/C22H29FN10O/c1-30-6-8-31(9-7-30)13-15-2-4-32(5-3-15)18-12-27-26-11-17(18)28-22(34)19-20(24)29-33-14-16(23)10-25-21(19)33/h10-12,14-15H,2-9,13H2,1H3,(H2,24,29)(H,27,28,34). The van der Waals surface area contributed by atoms with Crippen LogP contribution in [0, 0.1) is 11.7 Å². The second kappa shape index (κ2) is 9.47. The Bertz CT molecular complexity index is 1170. The summed E-state index contributed by atoms with van der Waals surface area (Å²) in [6.45, 7) is 7.43. The van der Waals surface area contributed by atoms with Crippen LogP contribution in [0.25, 0.3) is 5.65 Å². The van der Waals surface area contributed by atoms with E-state index in [9.17, 15) is 9.18 Å². The Morgan fingerprint density at radius 1 is 1.12 bits per heavy atom. The van der Waals surface area contributed by atoms with Gasteiger partial charge in [-0.15, -0.1) is 5.10 Å². The largest absolute Gasteiger partial charge is 0.381 e. The lowest BCUT2D eigenvalue weighted by atomic mass is 9.95. The molecule has 180 valence electrons. The third kappa shape index (κ3) is 4.64. The summed E-state index contributed by atoms with van der Waals surface area (Å²) >= 11 is 0. The fraction of sp³-hybridized carbons (Fsp3) is 0.500. The number of amides is 1. The first-order valence-corrected chi connectivity index (χ1v) is 11.5. The second-order valence-corrected chi connectivity index (χ2v) is 9.08. The van der Waals surface area contributed by atoms with Crippen molar-refractivity contribution in [3.63, 3.8) is 0 Å². The topological polar surface area (TPSA) is 121 Å². The Hall–Kier alpha value is -3.38. The Balaban J connectivity index is 1.26. The second-order valence-electron chi connectivity index (χ2n) is 9.08. The molecule has 0 atom stereocenters. The highest BCUT2D eigenvalue weighted by atomic mass is 19.1. The molecule has 3 aromatic rings. The zero-order valence-corrected chi connectivity index (χ0v) is 19.2. The first kappa shape index (κ1) is 22.4. The number of piperidine rings is 1. The number of rotatable bonds is 5. The van der Waals surface area contributed by atoms with Crippen molar-refractivity contribution in [1.29, 1.82) is 0 Å². The molecule has 12 heteroatoms. The van der Waals surface area contributed by atoms with E-state index >= 15 is 0 Å². The monoisotopic (exact) mass is 468 g/mol. The van der Waals surface area contributed by atoms with Crippen LogP contribution in [0.15, 0.2) is 24.8 Å². The lowest BCUT2D eigenvalue weighted by molar-refractivity contribution is 0.102. The van der Waals surface area contributed by atoms with Gasteiger partial charge in [-0.1, -0.05) is 0 Å². The number of hydrogen-bond acceptors (Lipinski definition) is 9. The molecule has 2 saturated heterocycles. The summed E-state index contributed by atoms with van der Waals surface area (Å²) in [5.74, 6) is -0.411. The van der Waals surface area contributed by atoms with Gasteiger partial charge in [-0.2, -0.15) is 10.2 Å². The molecular formula is C22H29FN10O. The lowest BCUT2D eigenvalue weighted by Crippen LogP contribution is -2.47. The van der Waals surface area contributed by atoms with Gasteiger partial charge in [-0.3, -0.25) is 4.79 Å². The molecule has 0 spiro atoms. The number of nitrogens with two attached hydrogens (primary N) is 1. The van der Waals surface area contributed by atoms with Gasteiger partial charge in [0, 0.05) is 45.8 Å². The zero-order chi connectivity index (χ0) is 23.7. The van der Waals surface area contributed by atoms with E-state index in [0.717, 1.165) is 81.3 Å². The minimum absolute atomic E-state index is 0.0242. The van der Waals surface area contributed by atoms with Crippen LogP contribution in [-0.2, 0) is 0 Å². The third-order valence-corrected chi connectivity index (χ3v) is 6.72. The minimum atomic E-state index is -0.571. The van der Waals surface area contributed by atoms with Crippen molar-refractivity contribution >= 4 is 28.7 Å². The van der Waals surface area contributed by atoms with E-state index in [4.69, 9.17) is 5.73 Å². The van der Waals surface area contributed by atoms with Gasteiger partial charge in [-0.25, -0.2) is 13.9 Å². The van der Waals surface area contributed by atoms with Gasteiger partial charge in [0.05, 0.1) is 36.2 Å². The van der Waals surface area contributed by atoms with Gasteiger partial charge in [0.25, 0.3) is 5.91 Å². The predicted molar refractivity (Wildman–Crippen MR) is 126 cm³/mol. The molecule has 0 unspecified atom stereocenters. The number of nitrogens with one attached hydrogen (secondary N) is 1. The fourth-order valence-corrected chi connectivity index (χ4v) is 4.75. The molecule has 0 aromatic carbocycles. The Labute approximate surface area is 196 Å². The summed E-state index contributed by atoms with van der Waals surface area (Å²) < 4.78 is 14.6. The van der Waals surface area contributed by atoms with Crippen molar-refractivity contribution < 1.29 is 9.18 Å². The number of fused-ring (bicyclic) bond motifs is 1. The predicted octanol–water partition coefficient (Wildman–Crippen LogP) is 0.957. The van der Waals surface area contributed by atoms with E-state index in [1.807, 2.05) is 0 Å². The number of anilines is 3. The highest BCUT2D eigenvalue weighted by Gasteiger charge is 2.26. The highest BCUT2D eigenvalue weighted by Crippen LogP contribution is 2.30. The Morgan fingerprint density at radius 3 is 2.62 bits per heavy atom. The molecule has 11 nitrogen and oxygen atoms in total. The number of hydrogen-bond donors (Lipinski definition) is 2. The van der Waals surface area contributed by atoms with Gasteiger partial charge in [0.2, 0.25) is 0 Å².